The van der Waals surface area contributed by atoms with Crippen LogP contribution in [0.25, 0.3) is 0 Å². The van der Waals surface area contributed by atoms with E-state index in [4.69, 9.17) is 0 Å². The fourth-order valence-corrected chi connectivity index (χ4v) is 8.56. The van der Waals surface area contributed by atoms with Crippen molar-refractivity contribution in [2.45, 2.75) is 106 Å². The molecule has 5 rings (SSSR count). The van der Waals surface area contributed by atoms with Gasteiger partial charge in [0, 0.05) is 11.5 Å². The van der Waals surface area contributed by atoms with E-state index in [9.17, 15) is 9.90 Å². The maximum Gasteiger partial charge on any atom is 0.184 e. The first-order chi connectivity index (χ1) is 19.9. The lowest BCUT2D eigenvalue weighted by Crippen LogP contribution is -2.76. The number of carbonyl (C=O) groups excluding carboxylic acids is 4. The van der Waals surface area contributed by atoms with Crippen LogP contribution in [-0.2, 0) is 14.4 Å². The molecule has 1 aromatic carbocycles. The van der Waals surface area contributed by atoms with Crippen molar-refractivity contribution in [2.75, 3.05) is 0 Å². The second-order valence-corrected chi connectivity index (χ2v) is 15.1. The van der Waals surface area contributed by atoms with Crippen molar-refractivity contribution >= 4 is 23.1 Å². The number of benzene rings is 1. The topological polar surface area (TPSA) is 88.5 Å². The number of carbonyl (C=O) groups is 4. The minimum absolute atomic E-state index is 0.0621. The van der Waals surface area contributed by atoms with Crippen molar-refractivity contribution in [3.05, 3.63) is 70.8 Å². The normalized spacial score (nSPS) is 31.6. The minimum atomic E-state index is -2.04. The van der Waals surface area contributed by atoms with Crippen LogP contribution in [0.1, 0.15) is 111 Å². The highest BCUT2D eigenvalue weighted by atomic mass is 16.3. The largest absolute Gasteiger partial charge is 0.390 e. The van der Waals surface area contributed by atoms with Gasteiger partial charge in [0.1, 0.15) is 0 Å². The highest BCUT2D eigenvalue weighted by Gasteiger charge is 2.84. The third-order valence-electron chi connectivity index (χ3n) is 11.0. The summed E-state index contributed by atoms with van der Waals surface area (Å²) in [6.07, 6.45) is 8.56. The van der Waals surface area contributed by atoms with Gasteiger partial charge in [-0.15, -0.1) is 0 Å². The number of rotatable bonds is 10. The molecule has 232 valence electrons. The molecule has 0 aromatic heterocycles. The Morgan fingerprint density at radius 2 is 1.49 bits per heavy atom. The van der Waals surface area contributed by atoms with Crippen molar-refractivity contribution in [3.8, 4) is 0 Å². The SMILES string of the molecule is CC(C)=CCC/C(C)=C/C[C@@]12C[C@H]3C[C@H](C(C)(C)O)[C@@](CC=C(C)C)(C1=O)C(=O)[C@@](C(=O)c1ccccc1)(C2=O)C3(C)C. The maximum absolute atomic E-state index is 15.4. The van der Waals surface area contributed by atoms with Crippen molar-refractivity contribution in [1.29, 1.82) is 0 Å². The summed E-state index contributed by atoms with van der Waals surface area (Å²) in [4.78, 5) is 60.7. The molecule has 1 N–H and O–H groups in total. The van der Waals surface area contributed by atoms with Crippen molar-refractivity contribution in [2.24, 2.45) is 33.5 Å². The maximum atomic E-state index is 15.4. The number of allylic oxidation sites excluding steroid dienone is 6. The fourth-order valence-electron chi connectivity index (χ4n) is 8.56. The van der Waals surface area contributed by atoms with Gasteiger partial charge in [-0.05, 0) is 98.3 Å². The van der Waals surface area contributed by atoms with E-state index in [0.717, 1.165) is 24.0 Å². The Bertz CT molecular complexity index is 1410. The molecule has 0 heterocycles. The summed E-state index contributed by atoms with van der Waals surface area (Å²) < 4.78 is 0. The lowest BCUT2D eigenvalue weighted by molar-refractivity contribution is -0.184. The lowest BCUT2D eigenvalue weighted by Gasteiger charge is -2.60. The highest BCUT2D eigenvalue weighted by Crippen LogP contribution is 2.72. The molecule has 4 aliphatic rings. The van der Waals surface area contributed by atoms with Crippen molar-refractivity contribution < 1.29 is 24.3 Å². The molecule has 43 heavy (non-hydrogen) atoms. The van der Waals surface area contributed by atoms with E-state index in [1.807, 2.05) is 46.8 Å². The molecule has 0 aliphatic heterocycles. The van der Waals surface area contributed by atoms with E-state index >= 15 is 14.4 Å². The van der Waals surface area contributed by atoms with Crippen LogP contribution in [0.15, 0.2) is 65.3 Å². The van der Waals surface area contributed by atoms with Gasteiger partial charge in [-0.25, -0.2) is 0 Å². The zero-order valence-electron chi connectivity index (χ0n) is 27.6. The monoisotopic (exact) mass is 586 g/mol. The average Bonchev–Trinajstić information content (AvgIpc) is 3.05. The van der Waals surface area contributed by atoms with Crippen LogP contribution in [-0.4, -0.2) is 33.8 Å². The van der Waals surface area contributed by atoms with Crippen LogP contribution in [0.4, 0.5) is 0 Å². The van der Waals surface area contributed by atoms with Crippen LogP contribution in [0, 0.1) is 33.5 Å². The van der Waals surface area contributed by atoms with Gasteiger partial charge in [-0.3, -0.25) is 19.2 Å². The summed E-state index contributed by atoms with van der Waals surface area (Å²) in [7, 11) is 0. The molecule has 0 amide bonds. The van der Waals surface area contributed by atoms with Gasteiger partial charge < -0.3 is 5.11 Å². The van der Waals surface area contributed by atoms with E-state index < -0.39 is 56.3 Å². The zero-order chi connectivity index (χ0) is 32.2. The number of aliphatic hydroxyl groups is 1. The third-order valence-corrected chi connectivity index (χ3v) is 11.0. The molecule has 1 aromatic rings. The highest BCUT2D eigenvalue weighted by molar-refractivity contribution is 6.42. The molecule has 4 saturated carbocycles. The summed E-state index contributed by atoms with van der Waals surface area (Å²) >= 11 is 0. The molecule has 0 spiro atoms. The summed E-state index contributed by atoms with van der Waals surface area (Å²) in [5, 5.41) is 11.7. The quantitative estimate of drug-likeness (QED) is 0.171. The smallest absolute Gasteiger partial charge is 0.184 e. The molecule has 0 saturated heterocycles. The van der Waals surface area contributed by atoms with Gasteiger partial charge in [0.15, 0.2) is 28.5 Å². The van der Waals surface area contributed by atoms with Gasteiger partial charge in [0.25, 0.3) is 0 Å². The summed E-state index contributed by atoms with van der Waals surface area (Å²) in [5.74, 6) is -3.12. The molecule has 4 aliphatic carbocycles. The number of hydrogen-bond acceptors (Lipinski definition) is 5. The Kier molecular flexibility index (Phi) is 8.60. The zero-order valence-corrected chi connectivity index (χ0v) is 27.6. The van der Waals surface area contributed by atoms with Crippen molar-refractivity contribution in [3.63, 3.8) is 0 Å². The molecule has 0 unspecified atom stereocenters. The van der Waals surface area contributed by atoms with Gasteiger partial charge in [0.05, 0.1) is 16.4 Å². The number of fused-ring (bicyclic) bond motifs is 1. The molecule has 5 atom stereocenters. The number of ketones is 4. The molecular weight excluding hydrogens is 536 g/mol. The molecule has 4 fully saturated rings. The first kappa shape index (κ1) is 33.0. The first-order valence-corrected chi connectivity index (χ1v) is 15.8. The Labute approximate surface area is 257 Å². The minimum Gasteiger partial charge on any atom is -0.390 e. The fraction of sp³-hybridized carbons (Fsp3) is 0.579. The second kappa shape index (κ2) is 11.2. The Balaban J connectivity index is 2.06. The molecule has 5 nitrogen and oxygen atoms in total. The van der Waals surface area contributed by atoms with Gasteiger partial charge >= 0.3 is 0 Å². The van der Waals surface area contributed by atoms with Crippen LogP contribution >= 0.6 is 0 Å². The van der Waals surface area contributed by atoms with E-state index in [1.165, 1.54) is 5.57 Å². The first-order valence-electron chi connectivity index (χ1n) is 15.8. The molecular formula is C38H50O5. The van der Waals surface area contributed by atoms with Crippen LogP contribution in [0.2, 0.25) is 0 Å². The van der Waals surface area contributed by atoms with Gasteiger partial charge in [0.2, 0.25) is 0 Å². The summed E-state index contributed by atoms with van der Waals surface area (Å²) in [5.41, 5.74) is -4.19. The van der Waals surface area contributed by atoms with Crippen LogP contribution in [0.3, 0.4) is 0 Å². The predicted molar refractivity (Wildman–Crippen MR) is 170 cm³/mol. The van der Waals surface area contributed by atoms with E-state index in [-0.39, 0.29) is 25.2 Å². The van der Waals surface area contributed by atoms with Gasteiger partial charge in [-0.1, -0.05) is 79.1 Å². The van der Waals surface area contributed by atoms with Crippen LogP contribution < -0.4 is 0 Å². The third kappa shape index (κ3) is 4.87. The van der Waals surface area contributed by atoms with E-state index in [0.29, 0.717) is 12.0 Å². The van der Waals surface area contributed by atoms with Crippen LogP contribution in [0.5, 0.6) is 0 Å². The lowest BCUT2D eigenvalue weighted by atomic mass is 9.36. The number of hydrogen-bond donors (Lipinski definition) is 1. The van der Waals surface area contributed by atoms with E-state index in [2.05, 4.69) is 19.9 Å². The molecule has 5 heteroatoms. The number of Topliss-reactive ketones (excluding diaryl/α,β-unsaturated/α-hetero) is 4. The second-order valence-electron chi connectivity index (χ2n) is 15.1. The van der Waals surface area contributed by atoms with Crippen molar-refractivity contribution in [1.82, 2.24) is 0 Å². The Morgan fingerprint density at radius 3 is 2.05 bits per heavy atom. The van der Waals surface area contributed by atoms with Gasteiger partial charge in [-0.2, -0.15) is 0 Å². The Hall–Kier alpha value is -2.92. The summed E-state index contributed by atoms with van der Waals surface area (Å²) in [6, 6.07) is 8.59. The Morgan fingerprint density at radius 1 is 0.884 bits per heavy atom. The predicted octanol–water partition coefficient (Wildman–Crippen LogP) is 7.83. The standard InChI is InChI=1S/C38H50O5/c1-24(2)14-13-15-26(5)19-20-36-23-28-22-29(35(8,9)43)37(31(36)40,21-18-25(3)4)33(42)38(32(36)41,34(28,6)7)30(39)27-16-11-10-12-17-27/h10-12,14,16-19,28-29,43H,13,15,20-23H2,1-9H3/b26-19+/t28-,29-,36-,37+,38-/m1/s1. The summed E-state index contributed by atoms with van der Waals surface area (Å²) in [6.45, 7) is 17.0. The average molecular weight is 587 g/mol. The van der Waals surface area contributed by atoms with E-state index in [1.54, 1.807) is 44.2 Å². The molecule has 4 bridgehead atoms. The molecule has 0 radical (unpaired) electrons.